The fraction of sp³-hybridized carbons (Fsp3) is 0.423. The van der Waals surface area contributed by atoms with Crippen molar-refractivity contribution in [2.24, 2.45) is 0 Å². The first-order chi connectivity index (χ1) is 17.7. The van der Waals surface area contributed by atoms with Crippen LogP contribution in [-0.4, -0.2) is 49.5 Å². The van der Waals surface area contributed by atoms with E-state index in [1.807, 2.05) is 0 Å². The second kappa shape index (κ2) is 11.8. The normalized spacial score (nSPS) is 12.5. The van der Waals surface area contributed by atoms with E-state index in [1.54, 1.807) is 71.9 Å². The Bertz CT molecular complexity index is 1240. The Labute approximate surface area is 225 Å². The molecule has 1 amide bonds. The highest BCUT2D eigenvalue weighted by Gasteiger charge is 2.25. The van der Waals surface area contributed by atoms with Crippen molar-refractivity contribution in [3.05, 3.63) is 53.3 Å². The predicted octanol–water partition coefficient (Wildman–Crippen LogP) is 5.55. The molecule has 1 heterocycles. The minimum atomic E-state index is -0.756. The van der Waals surface area contributed by atoms with Crippen molar-refractivity contribution in [3.63, 3.8) is 0 Å². The molecule has 3 aromatic rings. The first-order valence-electron chi connectivity index (χ1n) is 11.9. The molecule has 0 bridgehead atoms. The van der Waals surface area contributed by atoms with E-state index >= 15 is 0 Å². The lowest BCUT2D eigenvalue weighted by atomic mass is 10.1. The summed E-state index contributed by atoms with van der Waals surface area (Å²) in [7, 11) is 0. The summed E-state index contributed by atoms with van der Waals surface area (Å²) in [6, 6.07) is 10.0. The average molecular weight is 548 g/mol. The molecule has 0 spiro atoms. The summed E-state index contributed by atoms with van der Waals surface area (Å²) in [6.45, 7) is 10.4. The fourth-order valence-electron chi connectivity index (χ4n) is 3.21. The Balaban J connectivity index is 1.73. The van der Waals surface area contributed by atoms with Gasteiger partial charge in [0.15, 0.2) is 11.6 Å². The number of ether oxygens (including phenoxy) is 3. The maximum absolute atomic E-state index is 14.7. The predicted molar refractivity (Wildman–Crippen MR) is 138 cm³/mol. The van der Waals surface area contributed by atoms with Gasteiger partial charge in [0.25, 0.3) is 0 Å². The van der Waals surface area contributed by atoms with Crippen LogP contribution in [0.5, 0.6) is 11.5 Å². The van der Waals surface area contributed by atoms with Gasteiger partial charge in [-0.2, -0.15) is 4.80 Å². The zero-order chi connectivity index (χ0) is 28.1. The van der Waals surface area contributed by atoms with Gasteiger partial charge in [-0.25, -0.2) is 9.18 Å². The molecule has 0 aliphatic carbocycles. The molecule has 0 radical (unpaired) electrons. The number of esters is 1. The first-order valence-corrected chi connectivity index (χ1v) is 12.3. The lowest BCUT2D eigenvalue weighted by Crippen LogP contribution is -2.43. The highest BCUT2D eigenvalue weighted by Crippen LogP contribution is 2.28. The Morgan fingerprint density at radius 3 is 2.29 bits per heavy atom. The lowest BCUT2D eigenvalue weighted by molar-refractivity contribution is -0.155. The van der Waals surface area contributed by atoms with Gasteiger partial charge >= 0.3 is 12.1 Å². The van der Waals surface area contributed by atoms with E-state index in [0.717, 1.165) is 0 Å². The summed E-state index contributed by atoms with van der Waals surface area (Å²) in [5, 5.41) is 15.4. The van der Waals surface area contributed by atoms with Crippen molar-refractivity contribution >= 4 is 23.7 Å². The lowest BCUT2D eigenvalue weighted by Gasteiger charge is -2.24. The molecule has 0 saturated carbocycles. The molecule has 0 saturated heterocycles. The number of benzene rings is 2. The third-order valence-corrected chi connectivity index (χ3v) is 4.87. The van der Waals surface area contributed by atoms with E-state index < -0.39 is 35.1 Å². The highest BCUT2D eigenvalue weighted by atomic mass is 35.5. The molecule has 0 unspecified atom stereocenters. The van der Waals surface area contributed by atoms with E-state index in [4.69, 9.17) is 25.8 Å². The average Bonchev–Trinajstić information content (AvgIpc) is 3.22. The van der Waals surface area contributed by atoms with Gasteiger partial charge in [-0.3, -0.25) is 4.79 Å². The van der Waals surface area contributed by atoms with Crippen LogP contribution in [0.2, 0.25) is 5.02 Å². The number of nitrogens with zero attached hydrogens (tertiary/aromatic N) is 4. The van der Waals surface area contributed by atoms with Crippen LogP contribution in [0.3, 0.4) is 0 Å². The summed E-state index contributed by atoms with van der Waals surface area (Å²) in [5.41, 5.74) is -1.06. The number of amides is 1. The molecule has 38 heavy (non-hydrogen) atoms. The number of tetrazole rings is 1. The molecule has 0 fully saturated rings. The standard InChI is InChI=1S/C26H31ClFN5O5/c1-25(2,3)37-22(34)14-18(29-24(35)38-26(4,5)6)15-33-31-23(30-32-33)16-7-12-21(20(28)13-16)36-19-10-8-17(27)9-11-19/h7-13,18H,14-15H2,1-6H3,(H,29,35)/t18-/m0/s1. The summed E-state index contributed by atoms with van der Waals surface area (Å²) in [4.78, 5) is 26.0. The SMILES string of the molecule is CC(C)(C)OC(=O)C[C@@H](Cn1nnc(-c2ccc(Oc3ccc(Cl)cc3)c(F)c2)n1)NC(=O)OC(C)(C)C. The summed E-state index contributed by atoms with van der Waals surface area (Å²) >= 11 is 5.87. The van der Waals surface area contributed by atoms with Crippen LogP contribution in [0.15, 0.2) is 42.5 Å². The van der Waals surface area contributed by atoms with Crippen LogP contribution in [0, 0.1) is 5.82 Å². The molecule has 0 aliphatic rings. The maximum atomic E-state index is 14.7. The van der Waals surface area contributed by atoms with Gasteiger partial charge in [0.05, 0.1) is 19.0 Å². The number of carbonyl (C=O) groups is 2. The molecule has 10 nitrogen and oxygen atoms in total. The zero-order valence-corrected chi connectivity index (χ0v) is 22.9. The number of hydrogen-bond acceptors (Lipinski definition) is 8. The minimum Gasteiger partial charge on any atom is -0.460 e. The van der Waals surface area contributed by atoms with E-state index in [1.165, 1.54) is 16.9 Å². The molecule has 1 atom stereocenters. The van der Waals surface area contributed by atoms with Gasteiger partial charge in [0.2, 0.25) is 5.82 Å². The number of hydrogen-bond donors (Lipinski definition) is 1. The van der Waals surface area contributed by atoms with Gasteiger partial charge < -0.3 is 19.5 Å². The first kappa shape index (κ1) is 28.8. The van der Waals surface area contributed by atoms with E-state index in [2.05, 4.69) is 20.7 Å². The monoisotopic (exact) mass is 547 g/mol. The number of alkyl carbamates (subject to hydrolysis) is 1. The van der Waals surface area contributed by atoms with Gasteiger partial charge in [-0.1, -0.05) is 11.6 Å². The number of nitrogens with one attached hydrogen (secondary N) is 1. The number of rotatable bonds is 8. The van der Waals surface area contributed by atoms with Gasteiger partial charge in [0.1, 0.15) is 17.0 Å². The summed E-state index contributed by atoms with van der Waals surface area (Å²) in [6.07, 6.45) is -0.858. The minimum absolute atomic E-state index is 0.00821. The summed E-state index contributed by atoms with van der Waals surface area (Å²) in [5.74, 6) is -0.545. The molecule has 12 heteroatoms. The third-order valence-electron chi connectivity index (χ3n) is 4.62. The topological polar surface area (TPSA) is 117 Å². The fourth-order valence-corrected chi connectivity index (χ4v) is 3.33. The molecular weight excluding hydrogens is 517 g/mol. The molecular formula is C26H31ClFN5O5. The van der Waals surface area contributed by atoms with Crippen LogP contribution in [-0.2, 0) is 20.8 Å². The zero-order valence-electron chi connectivity index (χ0n) is 22.1. The van der Waals surface area contributed by atoms with Crippen molar-refractivity contribution in [2.45, 2.75) is 71.8 Å². The molecule has 1 aromatic heterocycles. The van der Waals surface area contributed by atoms with Crippen molar-refractivity contribution < 1.29 is 28.2 Å². The number of carbonyl (C=O) groups excluding carboxylic acids is 2. The van der Waals surface area contributed by atoms with Crippen molar-refractivity contribution in [2.75, 3.05) is 0 Å². The van der Waals surface area contributed by atoms with Crippen LogP contribution in [0.25, 0.3) is 11.4 Å². The molecule has 204 valence electrons. The molecule has 1 N–H and O–H groups in total. The molecule has 0 aliphatic heterocycles. The van der Waals surface area contributed by atoms with Crippen LogP contribution >= 0.6 is 11.6 Å². The largest absolute Gasteiger partial charge is 0.460 e. The Morgan fingerprint density at radius 2 is 1.68 bits per heavy atom. The van der Waals surface area contributed by atoms with Crippen LogP contribution in [0.4, 0.5) is 9.18 Å². The maximum Gasteiger partial charge on any atom is 0.407 e. The van der Waals surface area contributed by atoms with Gasteiger partial charge in [-0.15, -0.1) is 10.2 Å². The molecule has 3 rings (SSSR count). The number of halogens is 2. The highest BCUT2D eigenvalue weighted by molar-refractivity contribution is 6.30. The van der Waals surface area contributed by atoms with Crippen LogP contribution in [0.1, 0.15) is 48.0 Å². The second-order valence-corrected chi connectivity index (χ2v) is 10.9. The van der Waals surface area contributed by atoms with Crippen molar-refractivity contribution in [1.82, 2.24) is 25.5 Å². The third kappa shape index (κ3) is 9.29. The Hall–Kier alpha value is -3.73. The van der Waals surface area contributed by atoms with E-state index in [0.29, 0.717) is 16.3 Å². The number of aromatic nitrogens is 4. The quantitative estimate of drug-likeness (QED) is 0.365. The van der Waals surface area contributed by atoms with Gasteiger partial charge in [-0.05, 0) is 89.2 Å². The molecule has 2 aromatic carbocycles. The smallest absolute Gasteiger partial charge is 0.407 e. The van der Waals surface area contributed by atoms with E-state index in [9.17, 15) is 14.0 Å². The van der Waals surface area contributed by atoms with Crippen LogP contribution < -0.4 is 10.1 Å². The second-order valence-electron chi connectivity index (χ2n) is 10.5. The van der Waals surface area contributed by atoms with Crippen molar-refractivity contribution in [1.29, 1.82) is 0 Å². The van der Waals surface area contributed by atoms with Crippen molar-refractivity contribution in [3.8, 4) is 22.9 Å². The Morgan fingerprint density at radius 1 is 1.03 bits per heavy atom. The van der Waals surface area contributed by atoms with E-state index in [-0.39, 0.29) is 24.5 Å². The Kier molecular flexibility index (Phi) is 8.93. The van der Waals surface area contributed by atoms with Gasteiger partial charge in [0, 0.05) is 10.6 Å². The summed E-state index contributed by atoms with van der Waals surface area (Å²) < 4.78 is 31.0.